The van der Waals surface area contributed by atoms with Crippen molar-refractivity contribution in [3.05, 3.63) is 47.7 Å². The van der Waals surface area contributed by atoms with Crippen LogP contribution in [0.1, 0.15) is 36.9 Å². The Morgan fingerprint density at radius 3 is 2.78 bits per heavy atom. The third-order valence-corrected chi connectivity index (χ3v) is 6.03. The summed E-state index contributed by atoms with van der Waals surface area (Å²) in [6.07, 6.45) is 8.14. The highest BCUT2D eigenvalue weighted by Crippen LogP contribution is 2.31. The van der Waals surface area contributed by atoms with Crippen molar-refractivity contribution in [1.29, 1.82) is 0 Å². The molecule has 8 heteroatoms. The van der Waals surface area contributed by atoms with E-state index in [1.54, 1.807) is 25.4 Å². The molecule has 2 aliphatic rings. The maximum Gasteiger partial charge on any atom is 0.213 e. The standard InChI is InChI=1S/C24H26FN3O4/c1-29-23-8-7-20-24(28-23)18(19(25)13-27-20)6-5-16-3-2-4-17(32-16)11-15-12-21-22(14-26-15)31-10-9-30-21/h7-8,12-14,16-17H,2-6,9-11H2,1H3/t16-,17?/m1/s1. The molecular formula is C24H26FN3O4. The Bertz CT molecular complexity index is 1110. The van der Waals surface area contributed by atoms with Crippen LogP contribution in [-0.4, -0.2) is 47.5 Å². The Labute approximate surface area is 185 Å². The number of hydrogen-bond acceptors (Lipinski definition) is 7. The fourth-order valence-electron chi connectivity index (χ4n) is 4.41. The first-order valence-electron chi connectivity index (χ1n) is 11.1. The highest BCUT2D eigenvalue weighted by Gasteiger charge is 2.25. The number of pyridine rings is 3. The minimum absolute atomic E-state index is 0.0687. The summed E-state index contributed by atoms with van der Waals surface area (Å²) < 4.78 is 37.4. The van der Waals surface area contributed by atoms with Crippen LogP contribution in [0.3, 0.4) is 0 Å². The van der Waals surface area contributed by atoms with Gasteiger partial charge in [-0.1, -0.05) is 0 Å². The summed E-state index contributed by atoms with van der Waals surface area (Å²) in [5, 5.41) is 0. The molecule has 0 radical (unpaired) electrons. The second kappa shape index (κ2) is 9.24. The van der Waals surface area contributed by atoms with Gasteiger partial charge in [0, 0.05) is 29.8 Å². The fraction of sp³-hybridized carbons (Fsp3) is 0.458. The Balaban J connectivity index is 1.25. The lowest BCUT2D eigenvalue weighted by Gasteiger charge is -2.30. The summed E-state index contributed by atoms with van der Waals surface area (Å²) in [5.41, 5.74) is 2.71. The van der Waals surface area contributed by atoms with E-state index in [1.165, 1.54) is 6.20 Å². The molecule has 0 aliphatic carbocycles. The average Bonchev–Trinajstić information content (AvgIpc) is 2.83. The topological polar surface area (TPSA) is 75.6 Å². The molecule has 0 spiro atoms. The van der Waals surface area contributed by atoms with Crippen molar-refractivity contribution in [2.45, 2.75) is 50.7 Å². The molecule has 0 aromatic carbocycles. The first kappa shape index (κ1) is 20.9. The van der Waals surface area contributed by atoms with E-state index in [9.17, 15) is 4.39 Å². The predicted octanol–water partition coefficient (Wildman–Crippen LogP) is 4.06. The molecule has 7 nitrogen and oxygen atoms in total. The Morgan fingerprint density at radius 1 is 1.06 bits per heavy atom. The number of nitrogens with zero attached hydrogens (tertiary/aromatic N) is 3. The third kappa shape index (κ3) is 4.46. The smallest absolute Gasteiger partial charge is 0.213 e. The number of halogens is 1. The molecule has 168 valence electrons. The maximum atomic E-state index is 14.6. The molecule has 5 rings (SSSR count). The second-order valence-electron chi connectivity index (χ2n) is 8.18. The molecule has 5 heterocycles. The summed E-state index contributed by atoms with van der Waals surface area (Å²) in [5.74, 6) is 1.55. The predicted molar refractivity (Wildman–Crippen MR) is 116 cm³/mol. The number of aromatic nitrogens is 3. The van der Waals surface area contributed by atoms with E-state index in [0.717, 1.165) is 43.5 Å². The summed E-state index contributed by atoms with van der Waals surface area (Å²) >= 11 is 0. The highest BCUT2D eigenvalue weighted by molar-refractivity contribution is 5.78. The molecule has 3 aromatic rings. The van der Waals surface area contributed by atoms with Crippen LogP contribution in [-0.2, 0) is 17.6 Å². The summed E-state index contributed by atoms with van der Waals surface area (Å²) in [6.45, 7) is 1.11. The highest BCUT2D eigenvalue weighted by atomic mass is 19.1. The lowest BCUT2D eigenvalue weighted by molar-refractivity contribution is -0.0522. The molecule has 1 saturated heterocycles. The van der Waals surface area contributed by atoms with Crippen LogP contribution >= 0.6 is 0 Å². The summed E-state index contributed by atoms with van der Waals surface area (Å²) in [6, 6.07) is 5.48. The monoisotopic (exact) mass is 439 g/mol. The molecule has 0 saturated carbocycles. The van der Waals surface area contributed by atoms with Gasteiger partial charge in [-0.15, -0.1) is 0 Å². The lowest BCUT2D eigenvalue weighted by atomic mass is 9.96. The number of rotatable bonds is 6. The third-order valence-electron chi connectivity index (χ3n) is 6.03. The summed E-state index contributed by atoms with van der Waals surface area (Å²) in [7, 11) is 1.55. The zero-order valence-electron chi connectivity index (χ0n) is 18.1. The molecule has 3 aromatic heterocycles. The number of aryl methyl sites for hydroxylation is 1. The van der Waals surface area contributed by atoms with Crippen molar-refractivity contribution in [2.75, 3.05) is 20.3 Å². The number of fused-ring (bicyclic) bond motifs is 2. The molecule has 1 unspecified atom stereocenters. The van der Waals surface area contributed by atoms with Gasteiger partial charge in [0.25, 0.3) is 0 Å². The van der Waals surface area contributed by atoms with E-state index < -0.39 is 0 Å². The van der Waals surface area contributed by atoms with E-state index in [2.05, 4.69) is 15.0 Å². The van der Waals surface area contributed by atoms with Gasteiger partial charge < -0.3 is 18.9 Å². The van der Waals surface area contributed by atoms with Crippen molar-refractivity contribution >= 4 is 11.0 Å². The first-order chi connectivity index (χ1) is 15.7. The number of hydrogen-bond donors (Lipinski definition) is 0. The van der Waals surface area contributed by atoms with Gasteiger partial charge >= 0.3 is 0 Å². The Hall–Kier alpha value is -3.00. The molecule has 2 aliphatic heterocycles. The van der Waals surface area contributed by atoms with Gasteiger partial charge in [-0.2, -0.15) is 0 Å². The maximum absolute atomic E-state index is 14.6. The number of methoxy groups -OCH3 is 1. The minimum atomic E-state index is -0.342. The zero-order chi connectivity index (χ0) is 21.9. The molecular weight excluding hydrogens is 413 g/mol. The molecule has 32 heavy (non-hydrogen) atoms. The van der Waals surface area contributed by atoms with Crippen LogP contribution in [0.25, 0.3) is 11.0 Å². The molecule has 0 amide bonds. The molecule has 1 fully saturated rings. The Morgan fingerprint density at radius 2 is 1.91 bits per heavy atom. The van der Waals surface area contributed by atoms with E-state index in [4.69, 9.17) is 18.9 Å². The normalized spacial score (nSPS) is 20.3. The largest absolute Gasteiger partial charge is 0.486 e. The van der Waals surface area contributed by atoms with Crippen LogP contribution in [0.15, 0.2) is 30.6 Å². The van der Waals surface area contributed by atoms with Crippen LogP contribution in [0.2, 0.25) is 0 Å². The average molecular weight is 439 g/mol. The van der Waals surface area contributed by atoms with Crippen LogP contribution in [0.4, 0.5) is 4.39 Å². The van der Waals surface area contributed by atoms with Crippen molar-refractivity contribution < 1.29 is 23.3 Å². The van der Waals surface area contributed by atoms with E-state index in [0.29, 0.717) is 47.9 Å². The first-order valence-corrected chi connectivity index (χ1v) is 11.1. The lowest BCUT2D eigenvalue weighted by Crippen LogP contribution is -2.30. The van der Waals surface area contributed by atoms with Gasteiger partial charge in [0.1, 0.15) is 19.0 Å². The van der Waals surface area contributed by atoms with E-state index >= 15 is 0 Å². The Kier molecular flexibility index (Phi) is 6.03. The van der Waals surface area contributed by atoms with Crippen molar-refractivity contribution in [3.63, 3.8) is 0 Å². The van der Waals surface area contributed by atoms with Gasteiger partial charge in [-0.05, 0) is 38.2 Å². The zero-order valence-corrected chi connectivity index (χ0v) is 18.1. The van der Waals surface area contributed by atoms with Crippen molar-refractivity contribution in [3.8, 4) is 17.4 Å². The summed E-state index contributed by atoms with van der Waals surface area (Å²) in [4.78, 5) is 13.1. The van der Waals surface area contributed by atoms with Crippen LogP contribution in [0, 0.1) is 5.82 Å². The van der Waals surface area contributed by atoms with Crippen molar-refractivity contribution in [1.82, 2.24) is 15.0 Å². The van der Waals surface area contributed by atoms with E-state index in [1.807, 2.05) is 6.07 Å². The minimum Gasteiger partial charge on any atom is -0.486 e. The van der Waals surface area contributed by atoms with Gasteiger partial charge in [-0.3, -0.25) is 9.97 Å². The van der Waals surface area contributed by atoms with Gasteiger partial charge in [0.15, 0.2) is 11.5 Å². The van der Waals surface area contributed by atoms with Gasteiger partial charge in [0.2, 0.25) is 5.88 Å². The van der Waals surface area contributed by atoms with E-state index in [-0.39, 0.29) is 18.0 Å². The second-order valence-corrected chi connectivity index (χ2v) is 8.18. The SMILES string of the molecule is COc1ccc2ncc(F)c(CC[C@H]3CCCC(Cc4cc5c(cn4)OCCO5)O3)c2n1. The fourth-order valence-corrected chi connectivity index (χ4v) is 4.41. The van der Waals surface area contributed by atoms with Crippen LogP contribution < -0.4 is 14.2 Å². The molecule has 0 N–H and O–H groups in total. The molecule has 2 atom stereocenters. The quantitative estimate of drug-likeness (QED) is 0.573. The van der Waals surface area contributed by atoms with Gasteiger partial charge in [-0.25, -0.2) is 9.37 Å². The van der Waals surface area contributed by atoms with Gasteiger partial charge in [0.05, 0.1) is 42.7 Å². The van der Waals surface area contributed by atoms with Crippen molar-refractivity contribution in [2.24, 2.45) is 0 Å². The van der Waals surface area contributed by atoms with Crippen LogP contribution in [0.5, 0.6) is 17.4 Å². The number of ether oxygens (including phenoxy) is 4. The molecule has 0 bridgehead atoms.